The Morgan fingerprint density at radius 3 is 2.14 bits per heavy atom. The van der Waals surface area contributed by atoms with E-state index in [4.69, 9.17) is 0 Å². The molecule has 0 atom stereocenters. The van der Waals surface area contributed by atoms with Gasteiger partial charge in [0.05, 0.1) is 0 Å². The summed E-state index contributed by atoms with van der Waals surface area (Å²) in [6.07, 6.45) is 0.735. The summed E-state index contributed by atoms with van der Waals surface area (Å²) in [5, 5.41) is 9.83. The van der Waals surface area contributed by atoms with E-state index in [0.29, 0.717) is 0 Å². The van der Waals surface area contributed by atoms with E-state index in [-0.39, 0.29) is 0 Å². The first-order valence-electron chi connectivity index (χ1n) is 6.92. The van der Waals surface area contributed by atoms with Gasteiger partial charge in [-0.3, -0.25) is 4.79 Å². The maximum atomic E-state index is 10.9. The van der Waals surface area contributed by atoms with Crippen LogP contribution in [0.1, 0.15) is 0 Å². The number of carbonyl (C=O) groups is 1. The Labute approximate surface area is 122 Å². The zero-order valence-corrected chi connectivity index (χ0v) is 11.3. The fraction of sp³-hybridized carbons (Fsp3) is 0. The molecule has 0 radical (unpaired) electrons. The molecule has 1 amide bonds. The van der Waals surface area contributed by atoms with Crippen molar-refractivity contribution in [3.8, 4) is 0 Å². The molecule has 2 nitrogen and oxygen atoms in total. The normalized spacial score (nSPS) is 11.0. The Bertz CT molecular complexity index is 988. The average molecular weight is 271 g/mol. The molecule has 0 unspecified atom stereocenters. The van der Waals surface area contributed by atoms with E-state index in [9.17, 15) is 4.79 Å². The standard InChI is InChI=1S/C19H13NO/c21-12-20-19-11-18-14-6-2-1-5-13(14)9-10-16(18)15-7-3-4-8-17(15)19/h1-12H,(H,20,21). The minimum atomic E-state index is 0.735. The van der Waals surface area contributed by atoms with Gasteiger partial charge in [0.1, 0.15) is 0 Å². The van der Waals surface area contributed by atoms with Crippen LogP contribution in [-0.4, -0.2) is 6.41 Å². The van der Waals surface area contributed by atoms with E-state index >= 15 is 0 Å². The molecule has 2 heteroatoms. The summed E-state index contributed by atoms with van der Waals surface area (Å²) >= 11 is 0. The van der Waals surface area contributed by atoms with Crippen molar-refractivity contribution in [2.75, 3.05) is 5.32 Å². The van der Waals surface area contributed by atoms with Crippen molar-refractivity contribution in [3.63, 3.8) is 0 Å². The van der Waals surface area contributed by atoms with Gasteiger partial charge >= 0.3 is 0 Å². The highest BCUT2D eigenvalue weighted by atomic mass is 16.1. The predicted octanol–water partition coefficient (Wildman–Crippen LogP) is 4.71. The van der Waals surface area contributed by atoms with Gasteiger partial charge in [0.2, 0.25) is 6.41 Å². The van der Waals surface area contributed by atoms with Crippen LogP contribution in [0.25, 0.3) is 32.3 Å². The second kappa shape index (κ2) is 4.60. The lowest BCUT2D eigenvalue weighted by Crippen LogP contribution is -1.95. The van der Waals surface area contributed by atoms with Gasteiger partial charge in [-0.1, -0.05) is 60.7 Å². The van der Waals surface area contributed by atoms with E-state index in [1.165, 1.54) is 16.2 Å². The topological polar surface area (TPSA) is 29.1 Å². The Hall–Kier alpha value is -2.87. The smallest absolute Gasteiger partial charge is 0.211 e. The molecular weight excluding hydrogens is 258 g/mol. The van der Waals surface area contributed by atoms with Crippen LogP contribution in [0.15, 0.2) is 66.7 Å². The van der Waals surface area contributed by atoms with Crippen molar-refractivity contribution in [2.24, 2.45) is 0 Å². The zero-order chi connectivity index (χ0) is 14.2. The first-order chi connectivity index (χ1) is 10.4. The number of benzene rings is 4. The molecular formula is C19H13NO. The van der Waals surface area contributed by atoms with Crippen LogP contribution in [0, 0.1) is 0 Å². The Morgan fingerprint density at radius 1 is 0.667 bits per heavy atom. The molecule has 0 spiro atoms. The van der Waals surface area contributed by atoms with Crippen LogP contribution >= 0.6 is 0 Å². The number of fused-ring (bicyclic) bond motifs is 5. The Balaban J connectivity index is 2.26. The third kappa shape index (κ3) is 1.77. The number of amides is 1. The molecule has 0 heterocycles. The van der Waals surface area contributed by atoms with E-state index in [2.05, 4.69) is 41.7 Å². The molecule has 0 aliphatic carbocycles. The maximum absolute atomic E-state index is 10.9. The lowest BCUT2D eigenvalue weighted by Gasteiger charge is -2.11. The molecule has 4 aromatic carbocycles. The number of anilines is 1. The molecule has 0 fully saturated rings. The van der Waals surface area contributed by atoms with Crippen molar-refractivity contribution >= 4 is 44.4 Å². The van der Waals surface area contributed by atoms with Crippen LogP contribution in [0.5, 0.6) is 0 Å². The number of carbonyl (C=O) groups excluding carboxylic acids is 1. The number of hydrogen-bond donors (Lipinski definition) is 1. The molecule has 0 saturated heterocycles. The summed E-state index contributed by atoms with van der Waals surface area (Å²) in [7, 11) is 0. The average Bonchev–Trinajstić information content (AvgIpc) is 2.55. The highest BCUT2D eigenvalue weighted by molar-refractivity contribution is 6.21. The number of rotatable bonds is 2. The molecule has 0 aliphatic rings. The molecule has 0 aliphatic heterocycles. The van der Waals surface area contributed by atoms with Crippen LogP contribution < -0.4 is 5.32 Å². The van der Waals surface area contributed by atoms with Crippen molar-refractivity contribution in [2.45, 2.75) is 0 Å². The molecule has 0 aromatic heterocycles. The molecule has 1 N–H and O–H groups in total. The minimum absolute atomic E-state index is 0.735. The summed E-state index contributed by atoms with van der Waals surface area (Å²) in [6, 6.07) is 22.8. The van der Waals surface area contributed by atoms with E-state index in [1.54, 1.807) is 0 Å². The maximum Gasteiger partial charge on any atom is 0.211 e. The monoisotopic (exact) mass is 271 g/mol. The van der Waals surface area contributed by atoms with Crippen molar-refractivity contribution in [3.05, 3.63) is 66.7 Å². The largest absolute Gasteiger partial charge is 0.328 e. The quantitative estimate of drug-likeness (QED) is 0.415. The highest BCUT2D eigenvalue weighted by Crippen LogP contribution is 2.35. The second-order valence-electron chi connectivity index (χ2n) is 5.11. The molecule has 21 heavy (non-hydrogen) atoms. The summed E-state index contributed by atoms with van der Waals surface area (Å²) in [5.74, 6) is 0. The fourth-order valence-corrected chi connectivity index (χ4v) is 3.04. The van der Waals surface area contributed by atoms with Crippen LogP contribution in [0.4, 0.5) is 5.69 Å². The van der Waals surface area contributed by atoms with E-state index in [0.717, 1.165) is 28.3 Å². The predicted molar refractivity (Wildman–Crippen MR) is 88.6 cm³/mol. The summed E-state index contributed by atoms with van der Waals surface area (Å²) in [6.45, 7) is 0. The zero-order valence-electron chi connectivity index (χ0n) is 11.3. The van der Waals surface area contributed by atoms with Crippen LogP contribution in [0.3, 0.4) is 0 Å². The fourth-order valence-electron chi connectivity index (χ4n) is 3.04. The SMILES string of the molecule is O=CNc1cc2c3ccccc3ccc2c2ccccc12. The molecule has 4 rings (SSSR count). The first-order valence-corrected chi connectivity index (χ1v) is 6.92. The van der Waals surface area contributed by atoms with E-state index < -0.39 is 0 Å². The molecule has 0 bridgehead atoms. The number of hydrogen-bond acceptors (Lipinski definition) is 1. The van der Waals surface area contributed by atoms with Gasteiger partial charge in [0, 0.05) is 11.1 Å². The van der Waals surface area contributed by atoms with Gasteiger partial charge in [-0.2, -0.15) is 0 Å². The first kappa shape index (κ1) is 11.9. The van der Waals surface area contributed by atoms with Crippen molar-refractivity contribution < 1.29 is 4.79 Å². The lowest BCUT2D eigenvalue weighted by molar-refractivity contribution is -0.105. The highest BCUT2D eigenvalue weighted by Gasteiger charge is 2.08. The van der Waals surface area contributed by atoms with Gasteiger partial charge in [-0.15, -0.1) is 0 Å². The van der Waals surface area contributed by atoms with Gasteiger partial charge in [0.15, 0.2) is 0 Å². The van der Waals surface area contributed by atoms with Gasteiger partial charge in [-0.25, -0.2) is 0 Å². The third-order valence-corrected chi connectivity index (χ3v) is 3.98. The Morgan fingerprint density at radius 2 is 1.33 bits per heavy atom. The molecule has 4 aromatic rings. The van der Waals surface area contributed by atoms with Gasteiger partial charge < -0.3 is 5.32 Å². The van der Waals surface area contributed by atoms with Crippen LogP contribution in [0.2, 0.25) is 0 Å². The molecule has 0 saturated carbocycles. The third-order valence-electron chi connectivity index (χ3n) is 3.98. The minimum Gasteiger partial charge on any atom is -0.328 e. The number of nitrogens with one attached hydrogen (secondary N) is 1. The second-order valence-corrected chi connectivity index (χ2v) is 5.11. The van der Waals surface area contributed by atoms with Gasteiger partial charge in [-0.05, 0) is 33.0 Å². The van der Waals surface area contributed by atoms with Crippen molar-refractivity contribution in [1.29, 1.82) is 0 Å². The van der Waals surface area contributed by atoms with Gasteiger partial charge in [0.25, 0.3) is 0 Å². The summed E-state index contributed by atoms with van der Waals surface area (Å²) in [4.78, 5) is 10.9. The summed E-state index contributed by atoms with van der Waals surface area (Å²) in [5.41, 5.74) is 0.851. The van der Waals surface area contributed by atoms with Crippen LogP contribution in [-0.2, 0) is 4.79 Å². The molecule has 100 valence electrons. The van der Waals surface area contributed by atoms with Crippen molar-refractivity contribution in [1.82, 2.24) is 0 Å². The van der Waals surface area contributed by atoms with E-state index in [1.807, 2.05) is 30.3 Å². The Kier molecular flexibility index (Phi) is 2.61. The lowest BCUT2D eigenvalue weighted by atomic mass is 9.96. The summed E-state index contributed by atoms with van der Waals surface area (Å²) < 4.78 is 0.